The molecule has 0 aliphatic rings. The third kappa shape index (κ3) is 6.85. The number of benzene rings is 3. The van der Waals surface area contributed by atoms with Gasteiger partial charge in [-0.2, -0.15) is 5.10 Å². The number of rotatable bonds is 10. The Morgan fingerprint density at radius 2 is 1.22 bits per heavy atom. The molecular formula is C27H30N2O2Si. The summed E-state index contributed by atoms with van der Waals surface area (Å²) in [5.41, 5.74) is 3.35. The molecule has 0 unspecified atom stereocenters. The number of hydrazone groups is 1. The average Bonchev–Trinajstić information content (AvgIpc) is 2.79. The quantitative estimate of drug-likeness (QED) is 0.128. The summed E-state index contributed by atoms with van der Waals surface area (Å²) in [4.78, 5) is 25.4. The standard InChI is InChI=1S/C27H30N2O2Si/c1-32(2,3)29(21-22-13-7-4-8-14-22)28-26(23-15-9-5-10-16-23)19-25(30)20-27(31)24-17-11-6-12-18-24/h4-18H,19-21H2,1-3H3. The zero-order valence-electron chi connectivity index (χ0n) is 19.0. The maximum atomic E-state index is 12.9. The molecule has 0 N–H and O–H groups in total. The van der Waals surface area contributed by atoms with Crippen molar-refractivity contribution >= 4 is 25.5 Å². The van der Waals surface area contributed by atoms with Crippen molar-refractivity contribution in [2.75, 3.05) is 0 Å². The van der Waals surface area contributed by atoms with Crippen molar-refractivity contribution < 1.29 is 9.59 Å². The lowest BCUT2D eigenvalue weighted by molar-refractivity contribution is -0.117. The molecule has 0 aliphatic carbocycles. The molecule has 0 atom stereocenters. The summed E-state index contributed by atoms with van der Waals surface area (Å²) in [6, 6.07) is 29.0. The maximum Gasteiger partial charge on any atom is 0.170 e. The van der Waals surface area contributed by atoms with Gasteiger partial charge in [0, 0.05) is 5.56 Å². The lowest BCUT2D eigenvalue weighted by Crippen LogP contribution is -2.42. The molecule has 0 spiro atoms. The van der Waals surface area contributed by atoms with E-state index < -0.39 is 8.24 Å². The van der Waals surface area contributed by atoms with Crippen LogP contribution >= 0.6 is 0 Å². The molecule has 3 aromatic rings. The topological polar surface area (TPSA) is 49.7 Å². The fourth-order valence-corrected chi connectivity index (χ4v) is 4.38. The predicted octanol–water partition coefficient (Wildman–Crippen LogP) is 5.96. The second-order valence-corrected chi connectivity index (χ2v) is 13.7. The number of Topliss-reactive ketones (excluding diaryl/α,β-unsaturated/α-hetero) is 2. The molecule has 0 bridgehead atoms. The SMILES string of the molecule is C[Si](C)(C)N(Cc1ccccc1)N=C(CC(=O)CC(=O)c1ccccc1)c1ccccc1. The monoisotopic (exact) mass is 442 g/mol. The summed E-state index contributed by atoms with van der Waals surface area (Å²) in [5.74, 6) is -0.286. The first-order valence-electron chi connectivity index (χ1n) is 10.9. The van der Waals surface area contributed by atoms with Gasteiger partial charge in [-0.05, 0) is 11.1 Å². The number of hydrogen-bond acceptors (Lipinski definition) is 4. The van der Waals surface area contributed by atoms with Gasteiger partial charge in [-0.3, -0.25) is 9.59 Å². The van der Waals surface area contributed by atoms with Crippen molar-refractivity contribution in [3.8, 4) is 0 Å². The lowest BCUT2D eigenvalue weighted by atomic mass is 10.00. The first-order valence-corrected chi connectivity index (χ1v) is 14.3. The summed E-state index contributed by atoms with van der Waals surface area (Å²) in [6.07, 6.45) is -0.000144. The van der Waals surface area contributed by atoms with E-state index in [1.807, 2.05) is 66.7 Å². The van der Waals surface area contributed by atoms with E-state index in [1.165, 1.54) is 5.56 Å². The van der Waals surface area contributed by atoms with Gasteiger partial charge in [0.05, 0.1) is 25.1 Å². The summed E-state index contributed by atoms with van der Waals surface area (Å²) in [5, 5.41) is 5.01. The Morgan fingerprint density at radius 1 is 0.719 bits per heavy atom. The van der Waals surface area contributed by atoms with Gasteiger partial charge in [0.1, 0.15) is 5.78 Å². The normalized spacial score (nSPS) is 11.8. The first kappa shape index (κ1) is 23.4. The van der Waals surface area contributed by atoms with Crippen LogP contribution in [0.5, 0.6) is 0 Å². The summed E-state index contributed by atoms with van der Waals surface area (Å²) in [6.45, 7) is 7.40. The van der Waals surface area contributed by atoms with Gasteiger partial charge in [-0.25, -0.2) is 0 Å². The van der Waals surface area contributed by atoms with E-state index >= 15 is 0 Å². The van der Waals surface area contributed by atoms with E-state index in [1.54, 1.807) is 12.1 Å². The Bertz CT molecular complexity index is 1060. The van der Waals surface area contributed by atoms with Crippen LogP contribution in [-0.2, 0) is 11.3 Å². The van der Waals surface area contributed by atoms with Crippen LogP contribution in [0.1, 0.15) is 34.3 Å². The fraction of sp³-hybridized carbons (Fsp3) is 0.222. The molecule has 0 amide bonds. The third-order valence-corrected chi connectivity index (χ3v) is 6.92. The number of hydrogen-bond donors (Lipinski definition) is 0. The molecule has 5 heteroatoms. The van der Waals surface area contributed by atoms with Crippen molar-refractivity contribution in [3.63, 3.8) is 0 Å². The van der Waals surface area contributed by atoms with Crippen molar-refractivity contribution in [2.45, 2.75) is 39.0 Å². The number of ketones is 2. The molecule has 0 saturated heterocycles. The van der Waals surface area contributed by atoms with Crippen molar-refractivity contribution in [2.24, 2.45) is 5.10 Å². The second-order valence-electron chi connectivity index (χ2n) is 8.81. The molecule has 0 fully saturated rings. The molecule has 0 heterocycles. The molecule has 0 aliphatic heterocycles. The highest BCUT2D eigenvalue weighted by Gasteiger charge is 2.25. The van der Waals surface area contributed by atoms with Gasteiger partial charge in [-0.15, -0.1) is 0 Å². The largest absolute Gasteiger partial charge is 0.320 e. The molecule has 32 heavy (non-hydrogen) atoms. The molecule has 3 rings (SSSR count). The summed E-state index contributed by atoms with van der Waals surface area (Å²) < 4.78 is 2.15. The van der Waals surface area contributed by atoms with Crippen LogP contribution in [-0.4, -0.2) is 30.2 Å². The zero-order chi connectivity index (χ0) is 23.0. The van der Waals surface area contributed by atoms with Crippen LogP contribution < -0.4 is 0 Å². The van der Waals surface area contributed by atoms with E-state index in [2.05, 4.69) is 36.4 Å². The Morgan fingerprint density at radius 3 is 1.75 bits per heavy atom. The van der Waals surface area contributed by atoms with Gasteiger partial charge < -0.3 is 4.67 Å². The van der Waals surface area contributed by atoms with E-state index in [-0.39, 0.29) is 24.4 Å². The Hall–Kier alpha value is -3.31. The molecule has 0 aromatic heterocycles. The van der Waals surface area contributed by atoms with E-state index in [0.717, 1.165) is 5.56 Å². The predicted molar refractivity (Wildman–Crippen MR) is 133 cm³/mol. The number of carbonyl (C=O) groups is 2. The Kier molecular flexibility index (Phi) is 7.90. The molecule has 4 nitrogen and oxygen atoms in total. The van der Waals surface area contributed by atoms with Crippen molar-refractivity contribution in [1.82, 2.24) is 4.67 Å². The highest BCUT2D eigenvalue weighted by atomic mass is 28.3. The van der Waals surface area contributed by atoms with Gasteiger partial charge >= 0.3 is 0 Å². The van der Waals surface area contributed by atoms with Gasteiger partial charge in [0.2, 0.25) is 0 Å². The lowest BCUT2D eigenvalue weighted by Gasteiger charge is -2.32. The average molecular weight is 443 g/mol. The van der Waals surface area contributed by atoms with E-state index in [9.17, 15) is 9.59 Å². The minimum absolute atomic E-state index is 0.123. The minimum Gasteiger partial charge on any atom is -0.320 e. The summed E-state index contributed by atoms with van der Waals surface area (Å²) >= 11 is 0. The molecular weight excluding hydrogens is 412 g/mol. The van der Waals surface area contributed by atoms with Gasteiger partial charge in [0.25, 0.3) is 0 Å². The van der Waals surface area contributed by atoms with Crippen LogP contribution in [0.3, 0.4) is 0 Å². The third-order valence-electron chi connectivity index (χ3n) is 5.12. The highest BCUT2D eigenvalue weighted by Crippen LogP contribution is 2.18. The van der Waals surface area contributed by atoms with Gasteiger partial charge in [0.15, 0.2) is 14.0 Å². The summed E-state index contributed by atoms with van der Waals surface area (Å²) in [7, 11) is -1.83. The van der Waals surface area contributed by atoms with Gasteiger partial charge in [-0.1, -0.05) is 111 Å². The molecule has 0 saturated carbocycles. The zero-order valence-corrected chi connectivity index (χ0v) is 20.0. The molecule has 164 valence electrons. The van der Waals surface area contributed by atoms with Crippen LogP contribution in [0.15, 0.2) is 96.1 Å². The van der Waals surface area contributed by atoms with Crippen molar-refractivity contribution in [3.05, 3.63) is 108 Å². The van der Waals surface area contributed by atoms with E-state index in [4.69, 9.17) is 5.10 Å². The first-order chi connectivity index (χ1) is 15.3. The second kappa shape index (κ2) is 10.8. The Labute approximate surface area is 191 Å². The highest BCUT2D eigenvalue weighted by molar-refractivity contribution is 6.73. The number of nitrogens with zero attached hydrogens (tertiary/aromatic N) is 2. The molecule has 0 radical (unpaired) electrons. The fourth-order valence-electron chi connectivity index (χ4n) is 3.30. The Balaban J connectivity index is 1.86. The van der Waals surface area contributed by atoms with Crippen LogP contribution in [0, 0.1) is 0 Å². The van der Waals surface area contributed by atoms with Crippen LogP contribution in [0.25, 0.3) is 0 Å². The molecule has 3 aromatic carbocycles. The smallest absolute Gasteiger partial charge is 0.170 e. The maximum absolute atomic E-state index is 12.9. The van der Waals surface area contributed by atoms with Crippen molar-refractivity contribution in [1.29, 1.82) is 0 Å². The number of carbonyl (C=O) groups excluding carboxylic acids is 2. The van der Waals surface area contributed by atoms with Crippen LogP contribution in [0.4, 0.5) is 0 Å². The van der Waals surface area contributed by atoms with Crippen LogP contribution in [0.2, 0.25) is 19.6 Å². The van der Waals surface area contributed by atoms with E-state index in [0.29, 0.717) is 17.8 Å². The minimum atomic E-state index is -1.83.